The van der Waals surface area contributed by atoms with Crippen molar-refractivity contribution in [2.75, 3.05) is 13.1 Å². The van der Waals surface area contributed by atoms with E-state index in [1.807, 2.05) is 39.1 Å². The number of hydrogen-bond donors (Lipinski definition) is 2. The van der Waals surface area contributed by atoms with Gasteiger partial charge in [-0.2, -0.15) is 0 Å². The molecular formula is C23H27N5O3. The number of nitrogens with zero attached hydrogens (tertiary/aromatic N) is 3. The van der Waals surface area contributed by atoms with Gasteiger partial charge in [0.05, 0.1) is 17.2 Å². The van der Waals surface area contributed by atoms with Gasteiger partial charge >= 0.3 is 0 Å². The Kier molecular flexibility index (Phi) is 5.99. The molecule has 0 aromatic carbocycles. The van der Waals surface area contributed by atoms with Gasteiger partial charge in [0.1, 0.15) is 17.5 Å². The van der Waals surface area contributed by atoms with E-state index in [4.69, 9.17) is 4.74 Å². The maximum Gasteiger partial charge on any atom is 0.270 e. The minimum Gasteiger partial charge on any atom is -0.486 e. The molecule has 0 radical (unpaired) electrons. The Bertz CT molecular complexity index is 1130. The van der Waals surface area contributed by atoms with Crippen molar-refractivity contribution in [3.8, 4) is 5.75 Å². The van der Waals surface area contributed by atoms with Crippen LogP contribution in [0.3, 0.4) is 0 Å². The molecule has 4 heterocycles. The van der Waals surface area contributed by atoms with E-state index in [2.05, 4.69) is 25.2 Å². The van der Waals surface area contributed by atoms with Gasteiger partial charge in [0.2, 0.25) is 0 Å². The molecule has 0 bridgehead atoms. The smallest absolute Gasteiger partial charge is 0.270 e. The number of H-pyrrole nitrogens is 1. The van der Waals surface area contributed by atoms with Crippen molar-refractivity contribution in [1.82, 2.24) is 25.2 Å². The average Bonchev–Trinajstić information content (AvgIpc) is 2.71. The number of rotatable bonds is 7. The fourth-order valence-electron chi connectivity index (χ4n) is 3.61. The van der Waals surface area contributed by atoms with Gasteiger partial charge in [-0.3, -0.25) is 19.5 Å². The van der Waals surface area contributed by atoms with E-state index in [1.165, 1.54) is 0 Å². The van der Waals surface area contributed by atoms with Crippen LogP contribution in [0.25, 0.3) is 11.0 Å². The summed E-state index contributed by atoms with van der Waals surface area (Å²) < 4.78 is 5.95. The van der Waals surface area contributed by atoms with Crippen molar-refractivity contribution in [3.63, 3.8) is 0 Å². The highest BCUT2D eigenvalue weighted by Gasteiger charge is 2.28. The first-order valence-electron chi connectivity index (χ1n) is 10.6. The van der Waals surface area contributed by atoms with Crippen LogP contribution in [0.4, 0.5) is 0 Å². The number of aromatic amines is 1. The van der Waals surface area contributed by atoms with Gasteiger partial charge in [-0.05, 0) is 50.1 Å². The van der Waals surface area contributed by atoms with Gasteiger partial charge in [-0.1, -0.05) is 6.92 Å². The van der Waals surface area contributed by atoms with E-state index in [1.54, 1.807) is 18.3 Å². The summed E-state index contributed by atoms with van der Waals surface area (Å²) in [4.78, 5) is 37.9. The Morgan fingerprint density at radius 2 is 2.06 bits per heavy atom. The minimum atomic E-state index is -0.187. The first-order valence-corrected chi connectivity index (χ1v) is 10.6. The summed E-state index contributed by atoms with van der Waals surface area (Å²) in [6.07, 6.45) is 4.22. The third-order valence-corrected chi connectivity index (χ3v) is 5.23. The van der Waals surface area contributed by atoms with E-state index in [-0.39, 0.29) is 23.6 Å². The molecule has 0 unspecified atom stereocenters. The molecule has 3 aromatic rings. The highest BCUT2D eigenvalue weighted by Crippen LogP contribution is 2.20. The number of nitrogens with one attached hydrogen (secondary N) is 2. The second-order valence-electron chi connectivity index (χ2n) is 8.19. The number of pyridine rings is 3. The summed E-state index contributed by atoms with van der Waals surface area (Å²) in [6, 6.07) is 7.37. The lowest BCUT2D eigenvalue weighted by Gasteiger charge is -2.38. The molecule has 1 fully saturated rings. The Hall–Kier alpha value is -3.26. The van der Waals surface area contributed by atoms with E-state index in [0.29, 0.717) is 17.9 Å². The summed E-state index contributed by atoms with van der Waals surface area (Å²) in [6.45, 7) is 8.10. The first-order chi connectivity index (χ1) is 14.9. The largest absolute Gasteiger partial charge is 0.486 e. The number of ether oxygens (including phenoxy) is 1. The maximum absolute atomic E-state index is 12.0. The fourth-order valence-corrected chi connectivity index (χ4v) is 3.61. The van der Waals surface area contributed by atoms with Crippen molar-refractivity contribution in [1.29, 1.82) is 0 Å². The Balaban J connectivity index is 1.30. The SMILES string of the molecule is CCc1cc2ncc(CN3CC(Oc4ccc(C(=O)NC(C)C)nc4)C3)cc2[nH]c1=O. The molecule has 0 spiro atoms. The zero-order chi connectivity index (χ0) is 22.0. The maximum atomic E-state index is 12.0. The number of amides is 1. The van der Waals surface area contributed by atoms with Gasteiger partial charge < -0.3 is 15.0 Å². The molecule has 1 aliphatic rings. The van der Waals surface area contributed by atoms with Gasteiger partial charge in [0, 0.05) is 37.4 Å². The molecule has 0 atom stereocenters. The summed E-state index contributed by atoms with van der Waals surface area (Å²) >= 11 is 0. The van der Waals surface area contributed by atoms with Gasteiger partial charge in [-0.25, -0.2) is 4.98 Å². The van der Waals surface area contributed by atoms with E-state index >= 15 is 0 Å². The van der Waals surface area contributed by atoms with Gasteiger partial charge in [-0.15, -0.1) is 0 Å². The summed E-state index contributed by atoms with van der Waals surface area (Å²) in [7, 11) is 0. The second-order valence-corrected chi connectivity index (χ2v) is 8.19. The first kappa shape index (κ1) is 21.0. The van der Waals surface area contributed by atoms with Crippen LogP contribution in [0.2, 0.25) is 0 Å². The van der Waals surface area contributed by atoms with Crippen LogP contribution in [0.1, 0.15) is 42.4 Å². The number of hydrogen-bond acceptors (Lipinski definition) is 6. The fraction of sp³-hybridized carbons (Fsp3) is 0.391. The average molecular weight is 422 g/mol. The number of aryl methyl sites for hydroxylation is 1. The molecule has 1 saturated heterocycles. The third kappa shape index (κ3) is 4.91. The second kappa shape index (κ2) is 8.85. The van der Waals surface area contributed by atoms with Crippen molar-refractivity contribution >= 4 is 16.9 Å². The van der Waals surface area contributed by atoms with Crippen LogP contribution >= 0.6 is 0 Å². The van der Waals surface area contributed by atoms with Gasteiger partial charge in [0.25, 0.3) is 11.5 Å². The van der Waals surface area contributed by atoms with Crippen LogP contribution in [-0.2, 0) is 13.0 Å². The molecule has 3 aromatic heterocycles. The minimum absolute atomic E-state index is 0.0484. The van der Waals surface area contributed by atoms with Crippen molar-refractivity contribution in [2.45, 2.75) is 45.9 Å². The number of carbonyl (C=O) groups is 1. The lowest BCUT2D eigenvalue weighted by atomic mass is 10.1. The van der Waals surface area contributed by atoms with Gasteiger partial charge in [0.15, 0.2) is 0 Å². The van der Waals surface area contributed by atoms with Crippen molar-refractivity contribution in [2.24, 2.45) is 0 Å². The molecule has 31 heavy (non-hydrogen) atoms. The predicted molar refractivity (Wildman–Crippen MR) is 118 cm³/mol. The van der Waals surface area contributed by atoms with Crippen LogP contribution in [-0.4, -0.2) is 51.0 Å². The number of fused-ring (bicyclic) bond motifs is 1. The summed E-state index contributed by atoms with van der Waals surface area (Å²) in [5.74, 6) is 0.468. The monoisotopic (exact) mass is 421 g/mol. The highest BCUT2D eigenvalue weighted by atomic mass is 16.5. The van der Waals surface area contributed by atoms with Crippen LogP contribution in [0.15, 0.2) is 41.5 Å². The number of carbonyl (C=O) groups excluding carboxylic acids is 1. The molecule has 8 nitrogen and oxygen atoms in total. The molecule has 0 aliphatic carbocycles. The van der Waals surface area contributed by atoms with Crippen LogP contribution < -0.4 is 15.6 Å². The molecule has 8 heteroatoms. The standard InChI is InChI=1S/C23H27N5O3/c1-4-16-8-20-21(27-22(16)29)7-15(9-24-20)11-28-12-18(13-28)31-17-5-6-19(25-10-17)23(30)26-14(2)3/h5-10,14,18H,4,11-13H2,1-3H3,(H,26,30)(H,27,29). The van der Waals surface area contributed by atoms with Crippen molar-refractivity contribution < 1.29 is 9.53 Å². The van der Waals surface area contributed by atoms with Crippen molar-refractivity contribution in [3.05, 3.63) is 63.8 Å². The van der Waals surface area contributed by atoms with Crippen LogP contribution in [0, 0.1) is 0 Å². The Labute approximate surface area is 180 Å². The Morgan fingerprint density at radius 1 is 1.26 bits per heavy atom. The zero-order valence-electron chi connectivity index (χ0n) is 18.0. The molecule has 4 rings (SSSR count). The number of likely N-dealkylation sites (tertiary alicyclic amines) is 1. The topological polar surface area (TPSA) is 100 Å². The summed E-state index contributed by atoms with van der Waals surface area (Å²) in [5, 5.41) is 2.82. The molecule has 162 valence electrons. The molecule has 1 amide bonds. The zero-order valence-corrected chi connectivity index (χ0v) is 18.0. The van der Waals surface area contributed by atoms with E-state index < -0.39 is 0 Å². The molecular weight excluding hydrogens is 394 g/mol. The molecule has 2 N–H and O–H groups in total. The normalized spacial score (nSPS) is 14.6. The third-order valence-electron chi connectivity index (χ3n) is 5.23. The molecule has 1 aliphatic heterocycles. The number of aromatic nitrogens is 3. The van der Waals surface area contributed by atoms with E-state index in [9.17, 15) is 9.59 Å². The van der Waals surface area contributed by atoms with E-state index in [0.717, 1.165) is 41.8 Å². The lowest BCUT2D eigenvalue weighted by molar-refractivity contribution is 0.0143. The highest BCUT2D eigenvalue weighted by molar-refractivity contribution is 5.92. The summed E-state index contributed by atoms with van der Waals surface area (Å²) in [5.41, 5.74) is 3.70. The van der Waals surface area contributed by atoms with Crippen LogP contribution in [0.5, 0.6) is 5.75 Å². The molecule has 0 saturated carbocycles. The Morgan fingerprint density at radius 3 is 2.74 bits per heavy atom. The quantitative estimate of drug-likeness (QED) is 0.607. The predicted octanol–water partition coefficient (Wildman–Crippen LogP) is 2.28. The lowest BCUT2D eigenvalue weighted by Crippen LogP contribution is -2.53.